The van der Waals surface area contributed by atoms with Crippen molar-refractivity contribution < 1.29 is 8.42 Å². The Morgan fingerprint density at radius 3 is 2.29 bits per heavy atom. The van der Waals surface area contributed by atoms with Crippen LogP contribution in [0.2, 0.25) is 0 Å². The van der Waals surface area contributed by atoms with Gasteiger partial charge in [0.15, 0.2) is 0 Å². The maximum Gasteiger partial charge on any atom is 0.255 e. The molecule has 110 valence electrons. The van der Waals surface area contributed by atoms with Crippen LogP contribution < -0.4 is 9.62 Å². The van der Waals surface area contributed by atoms with Crippen molar-refractivity contribution in [3.05, 3.63) is 53.7 Å². The second-order valence-corrected chi connectivity index (χ2v) is 6.09. The number of hydrogen-bond donors (Lipinski definition) is 1. The average Bonchev–Trinajstić information content (AvgIpc) is 2.46. The van der Waals surface area contributed by atoms with E-state index in [0.717, 1.165) is 11.0 Å². The van der Waals surface area contributed by atoms with E-state index in [9.17, 15) is 8.42 Å². The molecule has 0 spiro atoms. The van der Waals surface area contributed by atoms with Gasteiger partial charge in [-0.05, 0) is 11.6 Å². The monoisotopic (exact) mass is 304 g/mol. The summed E-state index contributed by atoms with van der Waals surface area (Å²) in [5.74, 6) is 0.512. The number of anilines is 2. The molecule has 2 aromatic rings. The first-order chi connectivity index (χ1) is 9.96. The molecule has 0 amide bonds. The van der Waals surface area contributed by atoms with Gasteiger partial charge in [-0.25, -0.2) is 18.4 Å². The van der Waals surface area contributed by atoms with E-state index < -0.39 is 10.0 Å². The third-order valence-electron chi connectivity index (χ3n) is 2.54. The number of nitrogens with one attached hydrogen (secondary N) is 1. The highest BCUT2D eigenvalue weighted by Crippen LogP contribution is 2.11. The van der Waals surface area contributed by atoms with Gasteiger partial charge in [-0.3, -0.25) is 4.72 Å². The minimum Gasteiger partial charge on any atom is -0.347 e. The predicted octanol–water partition coefficient (Wildman–Crippen LogP) is 1.96. The summed E-state index contributed by atoms with van der Waals surface area (Å²) < 4.78 is 26.3. The summed E-state index contributed by atoms with van der Waals surface area (Å²) in [5, 5.41) is 1.11. The molecule has 2 rings (SSSR count). The molecule has 0 bridgehead atoms. The van der Waals surface area contributed by atoms with E-state index in [-0.39, 0.29) is 0 Å². The lowest BCUT2D eigenvalue weighted by atomic mass is 10.2. The maximum absolute atomic E-state index is 11.9. The highest BCUT2D eigenvalue weighted by atomic mass is 32.2. The first kappa shape index (κ1) is 15.0. The number of nitrogens with zero attached hydrogens (tertiary/aromatic N) is 3. The van der Waals surface area contributed by atoms with Crippen LogP contribution in [0, 0.1) is 0 Å². The van der Waals surface area contributed by atoms with Crippen molar-refractivity contribution in [2.45, 2.75) is 0 Å². The Bertz CT molecular complexity index is 710. The van der Waals surface area contributed by atoms with Gasteiger partial charge in [0.2, 0.25) is 5.95 Å². The number of benzene rings is 1. The van der Waals surface area contributed by atoms with Crippen molar-refractivity contribution in [2.75, 3.05) is 23.7 Å². The second-order valence-electron chi connectivity index (χ2n) is 4.53. The molecular formula is C14H16N4O2S. The fraction of sp³-hybridized carbons (Fsp3) is 0.143. The quantitative estimate of drug-likeness (QED) is 0.914. The van der Waals surface area contributed by atoms with Crippen LogP contribution in [0.25, 0.3) is 6.08 Å². The Kier molecular flexibility index (Phi) is 4.54. The molecule has 21 heavy (non-hydrogen) atoms. The fourth-order valence-electron chi connectivity index (χ4n) is 1.54. The molecule has 1 heterocycles. The summed E-state index contributed by atoms with van der Waals surface area (Å²) in [7, 11) is 0.0245. The third kappa shape index (κ3) is 4.57. The topological polar surface area (TPSA) is 75.2 Å². The fourth-order valence-corrected chi connectivity index (χ4v) is 2.37. The minimum absolute atomic E-state index is 0.318. The van der Waals surface area contributed by atoms with E-state index in [0.29, 0.717) is 11.6 Å². The van der Waals surface area contributed by atoms with E-state index in [2.05, 4.69) is 14.7 Å². The molecule has 0 radical (unpaired) electrons. The third-order valence-corrected chi connectivity index (χ3v) is 3.55. The number of aromatic nitrogens is 2. The van der Waals surface area contributed by atoms with Crippen molar-refractivity contribution in [1.82, 2.24) is 9.97 Å². The van der Waals surface area contributed by atoms with Gasteiger partial charge in [0.1, 0.15) is 0 Å². The Morgan fingerprint density at radius 1 is 1.10 bits per heavy atom. The Hall–Kier alpha value is -2.41. The van der Waals surface area contributed by atoms with Crippen molar-refractivity contribution in [3.63, 3.8) is 0 Å². The molecular weight excluding hydrogens is 288 g/mol. The highest BCUT2D eigenvalue weighted by Gasteiger charge is 2.07. The summed E-state index contributed by atoms with van der Waals surface area (Å²) in [6.45, 7) is 0. The van der Waals surface area contributed by atoms with Crippen LogP contribution >= 0.6 is 0 Å². The molecule has 0 aliphatic heterocycles. The molecule has 0 saturated carbocycles. The predicted molar refractivity (Wildman–Crippen MR) is 84.4 cm³/mol. The van der Waals surface area contributed by atoms with Crippen LogP contribution in [0.15, 0.2) is 48.1 Å². The smallest absolute Gasteiger partial charge is 0.255 e. The second kappa shape index (κ2) is 6.36. The maximum atomic E-state index is 11.9. The zero-order valence-electron chi connectivity index (χ0n) is 11.8. The van der Waals surface area contributed by atoms with E-state index in [1.807, 2.05) is 44.4 Å². The van der Waals surface area contributed by atoms with Crippen LogP contribution in [-0.4, -0.2) is 32.5 Å². The Morgan fingerprint density at radius 2 is 1.71 bits per heavy atom. The number of sulfonamides is 1. The van der Waals surface area contributed by atoms with Crippen LogP contribution in [-0.2, 0) is 10.0 Å². The van der Waals surface area contributed by atoms with Crippen LogP contribution in [0.3, 0.4) is 0 Å². The molecule has 0 aliphatic rings. The molecule has 1 aromatic heterocycles. The van der Waals surface area contributed by atoms with Crippen LogP contribution in [0.5, 0.6) is 0 Å². The first-order valence-corrected chi connectivity index (χ1v) is 7.76. The number of rotatable bonds is 5. The standard InChI is InChI=1S/C14H16N4O2S/c1-18(2)14-15-10-13(11-16-14)17-21(19,20)9-8-12-6-4-3-5-7-12/h3-11,17H,1-2H3/b9-8+. The van der Waals surface area contributed by atoms with Crippen molar-refractivity contribution in [2.24, 2.45) is 0 Å². The summed E-state index contributed by atoms with van der Waals surface area (Å²) in [6.07, 6.45) is 4.38. The lowest BCUT2D eigenvalue weighted by molar-refractivity contribution is 0.609. The summed E-state index contributed by atoms with van der Waals surface area (Å²) >= 11 is 0. The van der Waals surface area contributed by atoms with Gasteiger partial charge in [0.05, 0.1) is 23.5 Å². The normalized spacial score (nSPS) is 11.5. The van der Waals surface area contributed by atoms with E-state index in [4.69, 9.17) is 0 Å². The van der Waals surface area contributed by atoms with Crippen molar-refractivity contribution in [1.29, 1.82) is 0 Å². The molecule has 1 aromatic carbocycles. The molecule has 0 saturated heterocycles. The Labute approximate surface area is 124 Å². The molecule has 0 fully saturated rings. The van der Waals surface area contributed by atoms with Gasteiger partial charge in [0.25, 0.3) is 10.0 Å². The largest absolute Gasteiger partial charge is 0.347 e. The van der Waals surface area contributed by atoms with E-state index >= 15 is 0 Å². The zero-order chi connectivity index (χ0) is 15.3. The highest BCUT2D eigenvalue weighted by molar-refractivity contribution is 7.95. The van der Waals surface area contributed by atoms with Gasteiger partial charge in [-0.15, -0.1) is 0 Å². The Balaban J connectivity index is 2.09. The van der Waals surface area contributed by atoms with E-state index in [1.165, 1.54) is 18.5 Å². The summed E-state index contributed by atoms with van der Waals surface area (Å²) in [4.78, 5) is 9.82. The van der Waals surface area contributed by atoms with Crippen molar-refractivity contribution in [3.8, 4) is 0 Å². The van der Waals surface area contributed by atoms with Gasteiger partial charge in [-0.2, -0.15) is 0 Å². The molecule has 1 N–H and O–H groups in total. The van der Waals surface area contributed by atoms with Gasteiger partial charge in [-0.1, -0.05) is 30.3 Å². The van der Waals surface area contributed by atoms with Gasteiger partial charge in [0, 0.05) is 14.1 Å². The van der Waals surface area contributed by atoms with Crippen molar-refractivity contribution >= 4 is 27.7 Å². The molecule has 0 aliphatic carbocycles. The van der Waals surface area contributed by atoms with Crippen LogP contribution in [0.4, 0.5) is 11.6 Å². The van der Waals surface area contributed by atoms with E-state index in [1.54, 1.807) is 4.90 Å². The lowest BCUT2D eigenvalue weighted by Gasteiger charge is -2.10. The van der Waals surface area contributed by atoms with Crippen LogP contribution in [0.1, 0.15) is 5.56 Å². The first-order valence-electron chi connectivity index (χ1n) is 6.21. The molecule has 0 unspecified atom stereocenters. The zero-order valence-corrected chi connectivity index (χ0v) is 12.6. The lowest BCUT2D eigenvalue weighted by Crippen LogP contribution is -2.14. The van der Waals surface area contributed by atoms with Gasteiger partial charge >= 0.3 is 0 Å². The molecule has 0 atom stereocenters. The minimum atomic E-state index is -3.59. The SMILES string of the molecule is CN(C)c1ncc(NS(=O)(=O)/C=C/c2ccccc2)cn1. The molecule has 7 heteroatoms. The number of hydrogen-bond acceptors (Lipinski definition) is 5. The van der Waals surface area contributed by atoms with Gasteiger partial charge < -0.3 is 4.90 Å². The molecule has 6 nitrogen and oxygen atoms in total. The summed E-state index contributed by atoms with van der Waals surface area (Å²) in [5.41, 5.74) is 1.13. The average molecular weight is 304 g/mol. The summed E-state index contributed by atoms with van der Waals surface area (Å²) in [6, 6.07) is 9.19.